The van der Waals surface area contributed by atoms with Crippen molar-refractivity contribution in [2.45, 2.75) is 6.92 Å². The third-order valence-corrected chi connectivity index (χ3v) is 2.66. The van der Waals surface area contributed by atoms with Gasteiger partial charge in [0.2, 0.25) is 0 Å². The Morgan fingerprint density at radius 1 is 1.38 bits per heavy atom. The first-order chi connectivity index (χ1) is 7.72. The van der Waals surface area contributed by atoms with Gasteiger partial charge in [-0.25, -0.2) is 0 Å². The van der Waals surface area contributed by atoms with Crippen LogP contribution in [0.3, 0.4) is 0 Å². The van der Waals surface area contributed by atoms with E-state index in [-0.39, 0.29) is 0 Å². The van der Waals surface area contributed by atoms with Crippen LogP contribution >= 0.6 is 11.6 Å². The normalized spacial score (nSPS) is 10.4. The van der Waals surface area contributed by atoms with Gasteiger partial charge in [0, 0.05) is 18.8 Å². The highest BCUT2D eigenvalue weighted by Gasteiger charge is 2.08. The summed E-state index contributed by atoms with van der Waals surface area (Å²) in [6.07, 6.45) is 1.75. The molecule has 0 bridgehead atoms. The average molecular weight is 237 g/mol. The molecule has 0 spiro atoms. The first-order valence-electron chi connectivity index (χ1n) is 5.13. The molecule has 0 aliphatic heterocycles. The Hall–Kier alpha value is -1.48. The fourth-order valence-corrected chi connectivity index (χ4v) is 1.87. The molecule has 0 unspecified atom stereocenters. The Labute approximate surface area is 99.6 Å². The molecule has 16 heavy (non-hydrogen) atoms. The molecule has 1 heterocycles. The Morgan fingerprint density at radius 2 is 2.19 bits per heavy atom. The summed E-state index contributed by atoms with van der Waals surface area (Å²) in [6.45, 7) is 2.59. The van der Waals surface area contributed by atoms with Crippen molar-refractivity contribution in [2.24, 2.45) is 7.05 Å². The summed E-state index contributed by atoms with van der Waals surface area (Å²) >= 11 is 6.21. The van der Waals surface area contributed by atoms with Crippen molar-refractivity contribution in [2.75, 3.05) is 6.61 Å². The maximum Gasteiger partial charge on any atom is 0.120 e. The predicted molar refractivity (Wildman–Crippen MR) is 64.8 cm³/mol. The van der Waals surface area contributed by atoms with E-state index >= 15 is 0 Å². The van der Waals surface area contributed by atoms with E-state index < -0.39 is 0 Å². The maximum absolute atomic E-state index is 6.21. The molecule has 4 heteroatoms. The van der Waals surface area contributed by atoms with Gasteiger partial charge in [0.1, 0.15) is 5.75 Å². The summed E-state index contributed by atoms with van der Waals surface area (Å²) in [5, 5.41) is 4.80. The number of hydrogen-bond acceptors (Lipinski definition) is 2. The van der Waals surface area contributed by atoms with Crippen LogP contribution in [-0.4, -0.2) is 16.4 Å². The number of benzene rings is 1. The van der Waals surface area contributed by atoms with Crippen molar-refractivity contribution in [1.29, 1.82) is 0 Å². The van der Waals surface area contributed by atoms with E-state index in [4.69, 9.17) is 16.3 Å². The van der Waals surface area contributed by atoms with E-state index in [0.717, 1.165) is 17.0 Å². The molecular weight excluding hydrogens is 224 g/mol. The third-order valence-electron chi connectivity index (χ3n) is 2.35. The summed E-state index contributed by atoms with van der Waals surface area (Å²) in [4.78, 5) is 0. The lowest BCUT2D eigenvalue weighted by atomic mass is 10.1. The molecule has 0 fully saturated rings. The number of hydrogen-bond donors (Lipinski definition) is 0. The summed E-state index contributed by atoms with van der Waals surface area (Å²) in [5.74, 6) is 0.790. The van der Waals surface area contributed by atoms with Crippen LogP contribution < -0.4 is 4.74 Å². The van der Waals surface area contributed by atoms with Crippen LogP contribution in [0, 0.1) is 0 Å². The van der Waals surface area contributed by atoms with E-state index in [9.17, 15) is 0 Å². The van der Waals surface area contributed by atoms with E-state index in [1.807, 2.05) is 38.2 Å². The van der Waals surface area contributed by atoms with Crippen LogP contribution in [0.1, 0.15) is 6.92 Å². The van der Waals surface area contributed by atoms with E-state index in [1.165, 1.54) is 0 Å². The van der Waals surface area contributed by atoms with E-state index in [2.05, 4.69) is 5.10 Å². The molecule has 1 aromatic carbocycles. The molecule has 0 atom stereocenters. The smallest absolute Gasteiger partial charge is 0.120 e. The van der Waals surface area contributed by atoms with Gasteiger partial charge in [-0.1, -0.05) is 11.6 Å². The molecule has 0 radical (unpaired) electrons. The molecule has 84 valence electrons. The molecule has 0 aliphatic rings. The van der Waals surface area contributed by atoms with Crippen LogP contribution in [0.5, 0.6) is 5.75 Å². The second-order valence-electron chi connectivity index (χ2n) is 3.41. The van der Waals surface area contributed by atoms with E-state index in [0.29, 0.717) is 11.6 Å². The van der Waals surface area contributed by atoms with Gasteiger partial charge in [-0.05, 0) is 31.2 Å². The van der Waals surface area contributed by atoms with Crippen molar-refractivity contribution in [3.63, 3.8) is 0 Å². The van der Waals surface area contributed by atoms with Gasteiger partial charge in [0.15, 0.2) is 0 Å². The Bertz CT molecular complexity index is 494. The molecule has 0 aliphatic carbocycles. The first-order valence-corrected chi connectivity index (χ1v) is 5.51. The standard InChI is InChI=1S/C12H13ClN2O/c1-3-16-9-4-5-10(11(13)8-9)12-6-7-14-15(12)2/h4-8H,3H2,1-2H3. The highest BCUT2D eigenvalue weighted by molar-refractivity contribution is 6.33. The second kappa shape index (κ2) is 4.58. The van der Waals surface area contributed by atoms with Crippen molar-refractivity contribution in [3.05, 3.63) is 35.5 Å². The topological polar surface area (TPSA) is 27.1 Å². The lowest BCUT2D eigenvalue weighted by molar-refractivity contribution is 0.340. The minimum atomic E-state index is 0.640. The van der Waals surface area contributed by atoms with Crippen molar-refractivity contribution in [3.8, 4) is 17.0 Å². The summed E-state index contributed by atoms with van der Waals surface area (Å²) in [5.41, 5.74) is 1.96. The van der Waals surface area contributed by atoms with Crippen LogP contribution in [-0.2, 0) is 7.05 Å². The van der Waals surface area contributed by atoms with Gasteiger partial charge in [-0.2, -0.15) is 5.10 Å². The lowest BCUT2D eigenvalue weighted by Crippen LogP contribution is -1.95. The van der Waals surface area contributed by atoms with Gasteiger partial charge in [0.25, 0.3) is 0 Å². The molecule has 2 aromatic rings. The Morgan fingerprint density at radius 3 is 2.75 bits per heavy atom. The predicted octanol–water partition coefficient (Wildman–Crippen LogP) is 3.14. The second-order valence-corrected chi connectivity index (χ2v) is 3.82. The molecule has 0 saturated carbocycles. The third kappa shape index (κ3) is 2.04. The fourth-order valence-electron chi connectivity index (χ4n) is 1.60. The number of halogens is 1. The minimum Gasteiger partial charge on any atom is -0.494 e. The number of ether oxygens (including phenoxy) is 1. The van der Waals surface area contributed by atoms with Crippen molar-refractivity contribution < 1.29 is 4.74 Å². The summed E-state index contributed by atoms with van der Waals surface area (Å²) < 4.78 is 7.18. The van der Waals surface area contributed by atoms with E-state index in [1.54, 1.807) is 10.9 Å². The SMILES string of the molecule is CCOc1ccc(-c2ccnn2C)c(Cl)c1. The van der Waals surface area contributed by atoms with Gasteiger partial charge < -0.3 is 4.74 Å². The molecule has 1 aromatic heterocycles. The molecule has 2 rings (SSSR count). The zero-order valence-electron chi connectivity index (χ0n) is 9.27. The average Bonchev–Trinajstić information content (AvgIpc) is 2.65. The van der Waals surface area contributed by atoms with Crippen LogP contribution in [0.15, 0.2) is 30.5 Å². The molecule has 3 nitrogen and oxygen atoms in total. The van der Waals surface area contributed by atoms with Gasteiger partial charge >= 0.3 is 0 Å². The number of aryl methyl sites for hydroxylation is 1. The molecular formula is C12H13ClN2O. The quantitative estimate of drug-likeness (QED) is 0.819. The van der Waals surface area contributed by atoms with Gasteiger partial charge in [-0.15, -0.1) is 0 Å². The highest BCUT2D eigenvalue weighted by atomic mass is 35.5. The number of rotatable bonds is 3. The molecule has 0 N–H and O–H groups in total. The van der Waals surface area contributed by atoms with Gasteiger partial charge in [0.05, 0.1) is 17.3 Å². The largest absolute Gasteiger partial charge is 0.494 e. The molecule has 0 amide bonds. The monoisotopic (exact) mass is 236 g/mol. The summed E-state index contributed by atoms with van der Waals surface area (Å²) in [6, 6.07) is 7.62. The minimum absolute atomic E-state index is 0.640. The summed E-state index contributed by atoms with van der Waals surface area (Å²) in [7, 11) is 1.89. The zero-order valence-corrected chi connectivity index (χ0v) is 10.0. The van der Waals surface area contributed by atoms with Crippen LogP contribution in [0.2, 0.25) is 5.02 Å². The Kier molecular flexibility index (Phi) is 3.15. The van der Waals surface area contributed by atoms with Crippen molar-refractivity contribution in [1.82, 2.24) is 9.78 Å². The Balaban J connectivity index is 2.40. The molecule has 0 saturated heterocycles. The van der Waals surface area contributed by atoms with Crippen LogP contribution in [0.4, 0.5) is 0 Å². The maximum atomic E-state index is 6.21. The lowest BCUT2D eigenvalue weighted by Gasteiger charge is -2.08. The highest BCUT2D eigenvalue weighted by Crippen LogP contribution is 2.30. The first kappa shape index (κ1) is 11.0. The van der Waals surface area contributed by atoms with Crippen molar-refractivity contribution >= 4 is 11.6 Å². The van der Waals surface area contributed by atoms with Crippen LogP contribution in [0.25, 0.3) is 11.3 Å². The number of aromatic nitrogens is 2. The van der Waals surface area contributed by atoms with Gasteiger partial charge in [-0.3, -0.25) is 4.68 Å². The zero-order chi connectivity index (χ0) is 11.5. The fraction of sp³-hybridized carbons (Fsp3) is 0.250. The number of nitrogens with zero attached hydrogens (tertiary/aromatic N) is 2.